The number of rotatable bonds is 7. The van der Waals surface area contributed by atoms with Crippen LogP contribution < -0.4 is 14.8 Å². The van der Waals surface area contributed by atoms with Gasteiger partial charge in [0.05, 0.1) is 4.90 Å². The van der Waals surface area contributed by atoms with Crippen LogP contribution in [0.4, 0.5) is 23.2 Å². The average Bonchev–Trinajstić information content (AvgIpc) is 2.75. The first-order valence-corrected chi connectivity index (χ1v) is 11.3. The molecule has 0 aliphatic rings. The topological polar surface area (TPSA) is 107 Å². The average molecular weight is 499 g/mol. The molecular formula is C21H17F4N3O5S. The number of nitrogens with one attached hydrogen (secondary N) is 1. The molecule has 0 fully saturated rings. The van der Waals surface area contributed by atoms with Gasteiger partial charge in [0.15, 0.2) is 15.5 Å². The largest absolute Gasteiger partial charge is 0.463 e. The van der Waals surface area contributed by atoms with Gasteiger partial charge in [-0.05, 0) is 55.0 Å². The lowest BCUT2D eigenvalue weighted by atomic mass is 10.2. The smallest absolute Gasteiger partial charge is 0.435 e. The molecule has 0 saturated carbocycles. The van der Waals surface area contributed by atoms with E-state index < -0.39 is 45.9 Å². The summed E-state index contributed by atoms with van der Waals surface area (Å²) in [4.78, 5) is 12.8. The number of benzene rings is 2. The molecule has 13 heteroatoms. The van der Waals surface area contributed by atoms with E-state index in [0.29, 0.717) is 11.6 Å². The fourth-order valence-electron chi connectivity index (χ4n) is 2.75. The zero-order valence-electron chi connectivity index (χ0n) is 17.7. The molecule has 0 radical (unpaired) electrons. The maximum Gasteiger partial charge on any atom is 0.435 e. The summed E-state index contributed by atoms with van der Waals surface area (Å²) < 4.78 is 85.7. The van der Waals surface area contributed by atoms with Crippen molar-refractivity contribution < 1.29 is 40.2 Å². The number of hydrogen-bond acceptors (Lipinski definition) is 7. The van der Waals surface area contributed by atoms with Gasteiger partial charge in [0, 0.05) is 11.9 Å². The molecule has 1 aromatic heterocycles. The van der Waals surface area contributed by atoms with Crippen molar-refractivity contribution in [1.29, 1.82) is 0 Å². The van der Waals surface area contributed by atoms with Gasteiger partial charge >= 0.3 is 6.18 Å². The molecule has 8 nitrogen and oxygen atoms in total. The SMILES string of the molecule is Cc1cc(OCF)ccc1Oc1nnc(C(F)(F)F)cc1C(=O)Nc1cccc(S(C)(=O)=O)c1. The Morgan fingerprint density at radius 2 is 1.82 bits per heavy atom. The Kier molecular flexibility index (Phi) is 7.05. The van der Waals surface area contributed by atoms with Crippen LogP contribution in [0, 0.1) is 6.92 Å². The fraction of sp³-hybridized carbons (Fsp3) is 0.190. The summed E-state index contributed by atoms with van der Waals surface area (Å²) in [5, 5.41) is 8.84. The van der Waals surface area contributed by atoms with E-state index in [1.165, 1.54) is 36.4 Å². The predicted molar refractivity (Wildman–Crippen MR) is 112 cm³/mol. The second kappa shape index (κ2) is 9.63. The maximum atomic E-state index is 13.2. The number of aromatic nitrogens is 2. The highest BCUT2D eigenvalue weighted by atomic mass is 32.2. The molecule has 1 heterocycles. The van der Waals surface area contributed by atoms with Crippen molar-refractivity contribution in [2.75, 3.05) is 18.4 Å². The summed E-state index contributed by atoms with van der Waals surface area (Å²) in [6.07, 6.45) is -3.92. The van der Waals surface area contributed by atoms with E-state index in [1.54, 1.807) is 6.92 Å². The molecule has 0 bridgehead atoms. The maximum absolute atomic E-state index is 13.2. The highest BCUT2D eigenvalue weighted by Gasteiger charge is 2.35. The van der Waals surface area contributed by atoms with Crippen LogP contribution in [0.2, 0.25) is 0 Å². The molecule has 3 aromatic rings. The molecule has 0 spiro atoms. The summed E-state index contributed by atoms with van der Waals surface area (Å²) in [5.74, 6) is -1.29. The molecular weight excluding hydrogens is 482 g/mol. The third kappa shape index (κ3) is 5.98. The first-order chi connectivity index (χ1) is 15.9. The van der Waals surface area contributed by atoms with Gasteiger partial charge in [-0.1, -0.05) is 6.07 Å². The van der Waals surface area contributed by atoms with Crippen molar-refractivity contribution in [1.82, 2.24) is 10.2 Å². The number of ether oxygens (including phenoxy) is 2. The van der Waals surface area contributed by atoms with Crippen molar-refractivity contribution in [2.45, 2.75) is 18.0 Å². The Balaban J connectivity index is 1.99. The molecule has 1 amide bonds. The van der Waals surface area contributed by atoms with Crippen molar-refractivity contribution in [2.24, 2.45) is 0 Å². The zero-order valence-corrected chi connectivity index (χ0v) is 18.5. The number of nitrogens with zero attached hydrogens (tertiary/aromatic N) is 2. The van der Waals surface area contributed by atoms with Crippen LogP contribution in [0.15, 0.2) is 53.4 Å². The van der Waals surface area contributed by atoms with Crippen LogP contribution in [0.25, 0.3) is 0 Å². The van der Waals surface area contributed by atoms with Crippen LogP contribution in [0.1, 0.15) is 21.6 Å². The van der Waals surface area contributed by atoms with Crippen molar-refractivity contribution in [3.63, 3.8) is 0 Å². The Labute approximate surface area is 191 Å². The van der Waals surface area contributed by atoms with Gasteiger partial charge in [0.1, 0.15) is 17.1 Å². The molecule has 0 unspecified atom stereocenters. The highest BCUT2D eigenvalue weighted by molar-refractivity contribution is 7.90. The van der Waals surface area contributed by atoms with Crippen molar-refractivity contribution >= 4 is 21.4 Å². The quantitative estimate of drug-likeness (QED) is 0.475. The van der Waals surface area contributed by atoms with Gasteiger partial charge in [-0.2, -0.15) is 13.2 Å². The number of alkyl halides is 4. The van der Waals surface area contributed by atoms with Crippen LogP contribution in [0.3, 0.4) is 0 Å². The molecule has 0 saturated heterocycles. The number of aryl methyl sites for hydroxylation is 1. The number of sulfone groups is 1. The summed E-state index contributed by atoms with van der Waals surface area (Å²) in [6.45, 7) is 0.503. The standard InChI is InChI=1S/C21H17F4N3O5S/c1-12-8-14(32-11-22)6-7-17(12)33-20-16(10-18(27-28-20)21(23,24)25)19(29)26-13-4-3-5-15(9-13)34(2,30)31/h3-10H,11H2,1-2H3,(H,26,29). The van der Waals surface area contributed by atoms with Crippen LogP contribution in [-0.2, 0) is 16.0 Å². The number of hydrogen-bond donors (Lipinski definition) is 1. The van der Waals surface area contributed by atoms with Gasteiger partial charge in [-0.15, -0.1) is 10.2 Å². The highest BCUT2D eigenvalue weighted by Crippen LogP contribution is 2.33. The molecule has 2 aromatic carbocycles. The number of carbonyl (C=O) groups excluding carboxylic acids is 1. The number of carbonyl (C=O) groups is 1. The molecule has 3 rings (SSSR count). The number of anilines is 1. The Hall–Kier alpha value is -3.74. The van der Waals surface area contributed by atoms with E-state index in [0.717, 1.165) is 12.3 Å². The Morgan fingerprint density at radius 3 is 2.44 bits per heavy atom. The van der Waals surface area contributed by atoms with Crippen LogP contribution in [-0.4, -0.2) is 37.6 Å². The minimum atomic E-state index is -4.89. The zero-order chi connectivity index (χ0) is 25.1. The molecule has 0 aliphatic carbocycles. The van der Waals surface area contributed by atoms with Crippen molar-refractivity contribution in [3.8, 4) is 17.4 Å². The van der Waals surface area contributed by atoms with E-state index in [2.05, 4.69) is 15.5 Å². The summed E-state index contributed by atoms with van der Waals surface area (Å²) in [5.41, 5.74) is -1.60. The lowest BCUT2D eigenvalue weighted by Gasteiger charge is -2.14. The summed E-state index contributed by atoms with van der Waals surface area (Å²) in [6, 6.07) is 9.78. The molecule has 0 atom stereocenters. The summed E-state index contributed by atoms with van der Waals surface area (Å²) in [7, 11) is -3.59. The third-order valence-corrected chi connectivity index (χ3v) is 5.50. The summed E-state index contributed by atoms with van der Waals surface area (Å²) >= 11 is 0. The van der Waals surface area contributed by atoms with Gasteiger partial charge in [0.25, 0.3) is 11.8 Å². The minimum absolute atomic E-state index is 0.0214. The van der Waals surface area contributed by atoms with Gasteiger partial charge in [0.2, 0.25) is 6.86 Å². The lowest BCUT2D eigenvalue weighted by Crippen LogP contribution is -2.18. The van der Waals surface area contributed by atoms with Crippen molar-refractivity contribution in [3.05, 3.63) is 65.4 Å². The number of amides is 1. The monoisotopic (exact) mass is 499 g/mol. The number of halogens is 4. The van der Waals surface area contributed by atoms with Gasteiger partial charge in [-0.25, -0.2) is 12.8 Å². The molecule has 1 N–H and O–H groups in total. The Bertz CT molecular complexity index is 1330. The van der Waals surface area contributed by atoms with Crippen LogP contribution in [0.5, 0.6) is 17.4 Å². The fourth-order valence-corrected chi connectivity index (χ4v) is 3.42. The normalized spacial score (nSPS) is 11.7. The molecule has 180 valence electrons. The first-order valence-electron chi connectivity index (χ1n) is 9.42. The minimum Gasteiger partial charge on any atom is -0.463 e. The Morgan fingerprint density at radius 1 is 1.09 bits per heavy atom. The van der Waals surface area contributed by atoms with E-state index in [1.807, 2.05) is 0 Å². The first kappa shape index (κ1) is 24.9. The van der Waals surface area contributed by atoms with Gasteiger partial charge < -0.3 is 14.8 Å². The van der Waals surface area contributed by atoms with E-state index in [4.69, 9.17) is 9.47 Å². The predicted octanol–water partition coefficient (Wildman–Crippen LogP) is 4.56. The van der Waals surface area contributed by atoms with E-state index in [-0.39, 0.29) is 22.1 Å². The second-order valence-electron chi connectivity index (χ2n) is 6.98. The second-order valence-corrected chi connectivity index (χ2v) is 9.00. The van der Waals surface area contributed by atoms with Gasteiger partial charge in [-0.3, -0.25) is 4.79 Å². The lowest BCUT2D eigenvalue weighted by molar-refractivity contribution is -0.141. The van der Waals surface area contributed by atoms with E-state index in [9.17, 15) is 30.8 Å². The van der Waals surface area contributed by atoms with Crippen LogP contribution >= 0.6 is 0 Å². The molecule has 0 aliphatic heterocycles. The van der Waals surface area contributed by atoms with E-state index >= 15 is 0 Å². The third-order valence-electron chi connectivity index (χ3n) is 4.39. The molecule has 34 heavy (non-hydrogen) atoms.